The molecule has 2 nitrogen and oxygen atoms in total. The Morgan fingerprint density at radius 3 is 2.90 bits per heavy atom. The van der Waals surface area contributed by atoms with Crippen molar-refractivity contribution >= 4 is 27.4 Å². The summed E-state index contributed by atoms with van der Waals surface area (Å²) in [6.45, 7) is 0.804. The van der Waals surface area contributed by atoms with E-state index in [9.17, 15) is 9.18 Å². The molecule has 2 aromatic carbocycles. The summed E-state index contributed by atoms with van der Waals surface area (Å²) in [5.41, 5.74) is 2.93. The smallest absolute Gasteiger partial charge is 0.144 e. The highest BCUT2D eigenvalue weighted by Gasteiger charge is 2.26. The van der Waals surface area contributed by atoms with Crippen molar-refractivity contribution in [2.45, 2.75) is 18.8 Å². The number of fused-ring (bicyclic) bond motifs is 1. The number of Topliss-reactive ketones (excluding diaryl/α,β-unsaturated/α-hetero) is 1. The Labute approximate surface area is 131 Å². The molecule has 1 heterocycles. The molecule has 3 rings (SSSR count). The second-order valence-corrected chi connectivity index (χ2v) is 6.09. The van der Waals surface area contributed by atoms with Gasteiger partial charge in [-0.3, -0.25) is 4.79 Å². The molecule has 0 amide bonds. The number of ketones is 1. The fourth-order valence-corrected chi connectivity index (χ4v) is 3.27. The number of hydrogen-bond acceptors (Lipinski definition) is 2. The Morgan fingerprint density at radius 1 is 1.29 bits per heavy atom. The fourth-order valence-electron chi connectivity index (χ4n) is 2.78. The van der Waals surface area contributed by atoms with Crippen molar-refractivity contribution in [2.75, 3.05) is 11.9 Å². The first-order chi connectivity index (χ1) is 10.1. The zero-order valence-corrected chi connectivity index (χ0v) is 13.0. The van der Waals surface area contributed by atoms with Crippen molar-refractivity contribution < 1.29 is 9.18 Å². The van der Waals surface area contributed by atoms with Gasteiger partial charge in [0.15, 0.2) is 0 Å². The van der Waals surface area contributed by atoms with Crippen LogP contribution in [0, 0.1) is 5.82 Å². The molecule has 0 bridgehead atoms. The zero-order valence-electron chi connectivity index (χ0n) is 11.4. The Morgan fingerprint density at radius 2 is 2.10 bits per heavy atom. The van der Waals surface area contributed by atoms with Crippen LogP contribution >= 0.6 is 15.9 Å². The van der Waals surface area contributed by atoms with Gasteiger partial charge in [-0.05, 0) is 35.7 Å². The zero-order chi connectivity index (χ0) is 14.8. The standard InChI is InChI=1S/C17H15BrFNO/c18-15-10-12(19)6-5-11(15)9-17(21)14-7-8-20-16-4-2-1-3-13(14)16/h1-6,10,14,20H,7-9H2. The highest BCUT2D eigenvalue weighted by Crippen LogP contribution is 2.33. The summed E-state index contributed by atoms with van der Waals surface area (Å²) in [7, 11) is 0. The van der Waals surface area contributed by atoms with Crippen molar-refractivity contribution in [3.05, 3.63) is 63.9 Å². The number of anilines is 1. The lowest BCUT2D eigenvalue weighted by Crippen LogP contribution is -2.24. The van der Waals surface area contributed by atoms with Gasteiger partial charge in [0.1, 0.15) is 11.6 Å². The van der Waals surface area contributed by atoms with Gasteiger partial charge in [0.25, 0.3) is 0 Å². The van der Waals surface area contributed by atoms with Gasteiger partial charge in [-0.15, -0.1) is 0 Å². The number of carbonyl (C=O) groups is 1. The molecular formula is C17H15BrFNO. The van der Waals surface area contributed by atoms with Crippen LogP contribution in [-0.2, 0) is 11.2 Å². The van der Waals surface area contributed by atoms with E-state index in [1.54, 1.807) is 6.07 Å². The Bertz CT molecular complexity index is 686. The molecule has 21 heavy (non-hydrogen) atoms. The molecule has 1 N–H and O–H groups in total. The minimum absolute atomic E-state index is 0.0839. The highest BCUT2D eigenvalue weighted by molar-refractivity contribution is 9.10. The maximum atomic E-state index is 13.1. The van der Waals surface area contributed by atoms with Gasteiger partial charge in [-0.2, -0.15) is 0 Å². The molecule has 0 saturated heterocycles. The van der Waals surface area contributed by atoms with E-state index in [1.807, 2.05) is 24.3 Å². The van der Waals surface area contributed by atoms with Crippen LogP contribution in [0.25, 0.3) is 0 Å². The van der Waals surface area contributed by atoms with E-state index in [2.05, 4.69) is 21.2 Å². The summed E-state index contributed by atoms with van der Waals surface area (Å²) in [5.74, 6) is -0.207. The van der Waals surface area contributed by atoms with Crippen LogP contribution in [0.4, 0.5) is 10.1 Å². The maximum Gasteiger partial charge on any atom is 0.144 e. The van der Waals surface area contributed by atoms with Crippen molar-refractivity contribution in [2.24, 2.45) is 0 Å². The molecule has 1 unspecified atom stereocenters. The second-order valence-electron chi connectivity index (χ2n) is 5.23. The molecule has 0 saturated carbocycles. The van der Waals surface area contributed by atoms with E-state index in [-0.39, 0.29) is 17.5 Å². The molecule has 1 atom stereocenters. The molecule has 0 spiro atoms. The third-order valence-corrected chi connectivity index (χ3v) is 4.59. The predicted octanol–water partition coefficient (Wildman–Crippen LogP) is 4.30. The van der Waals surface area contributed by atoms with Gasteiger partial charge >= 0.3 is 0 Å². The number of hydrogen-bond donors (Lipinski definition) is 1. The van der Waals surface area contributed by atoms with Gasteiger partial charge < -0.3 is 5.32 Å². The second kappa shape index (κ2) is 5.98. The average molecular weight is 348 g/mol. The van der Waals surface area contributed by atoms with E-state index < -0.39 is 0 Å². The molecule has 108 valence electrons. The first-order valence-electron chi connectivity index (χ1n) is 6.94. The predicted molar refractivity (Wildman–Crippen MR) is 85.1 cm³/mol. The van der Waals surface area contributed by atoms with Gasteiger partial charge in [0.2, 0.25) is 0 Å². The number of carbonyl (C=O) groups excluding carboxylic acids is 1. The van der Waals surface area contributed by atoms with Crippen molar-refractivity contribution in [3.8, 4) is 0 Å². The van der Waals surface area contributed by atoms with E-state index in [0.29, 0.717) is 10.9 Å². The normalized spacial score (nSPS) is 17.0. The number of benzene rings is 2. The van der Waals surface area contributed by atoms with Crippen LogP contribution in [0.2, 0.25) is 0 Å². The monoisotopic (exact) mass is 347 g/mol. The lowest BCUT2D eigenvalue weighted by Gasteiger charge is -2.25. The molecule has 4 heteroatoms. The van der Waals surface area contributed by atoms with Gasteiger partial charge in [0.05, 0.1) is 0 Å². The van der Waals surface area contributed by atoms with E-state index >= 15 is 0 Å². The van der Waals surface area contributed by atoms with Crippen LogP contribution < -0.4 is 5.32 Å². The third kappa shape index (κ3) is 3.00. The third-order valence-electron chi connectivity index (χ3n) is 3.85. The summed E-state index contributed by atoms with van der Waals surface area (Å²) >= 11 is 3.33. The van der Waals surface area contributed by atoms with Crippen molar-refractivity contribution in [3.63, 3.8) is 0 Å². The van der Waals surface area contributed by atoms with Gasteiger partial charge in [-0.25, -0.2) is 4.39 Å². The SMILES string of the molecule is O=C(Cc1ccc(F)cc1Br)C1CCNc2ccccc21. The molecule has 0 fully saturated rings. The minimum Gasteiger partial charge on any atom is -0.385 e. The van der Waals surface area contributed by atoms with Crippen LogP contribution in [0.15, 0.2) is 46.9 Å². The van der Waals surface area contributed by atoms with E-state index in [4.69, 9.17) is 0 Å². The summed E-state index contributed by atoms with van der Waals surface area (Å²) in [6.07, 6.45) is 1.12. The highest BCUT2D eigenvalue weighted by atomic mass is 79.9. The summed E-state index contributed by atoms with van der Waals surface area (Å²) < 4.78 is 13.8. The topological polar surface area (TPSA) is 29.1 Å². The first-order valence-corrected chi connectivity index (χ1v) is 7.74. The Kier molecular flexibility index (Phi) is 4.06. The molecule has 1 aliphatic heterocycles. The lowest BCUT2D eigenvalue weighted by molar-refractivity contribution is -0.120. The molecule has 1 aliphatic rings. The van der Waals surface area contributed by atoms with Crippen molar-refractivity contribution in [1.82, 2.24) is 0 Å². The Balaban J connectivity index is 1.83. The average Bonchev–Trinajstić information content (AvgIpc) is 2.49. The summed E-state index contributed by atoms with van der Waals surface area (Å²) in [6, 6.07) is 12.4. The molecular weight excluding hydrogens is 333 g/mol. The molecule has 0 radical (unpaired) electrons. The van der Waals surface area contributed by atoms with Crippen LogP contribution in [0.1, 0.15) is 23.5 Å². The lowest BCUT2D eigenvalue weighted by atomic mass is 9.85. The first kappa shape index (κ1) is 14.3. The molecule has 0 aliphatic carbocycles. The van der Waals surface area contributed by atoms with Crippen molar-refractivity contribution in [1.29, 1.82) is 0 Å². The molecule has 0 aromatic heterocycles. The Hall–Kier alpha value is -1.68. The summed E-state index contributed by atoms with van der Waals surface area (Å²) in [5, 5.41) is 3.32. The van der Waals surface area contributed by atoms with Crippen LogP contribution in [0.5, 0.6) is 0 Å². The largest absolute Gasteiger partial charge is 0.385 e. The number of para-hydroxylation sites is 1. The van der Waals surface area contributed by atoms with Gasteiger partial charge in [-0.1, -0.05) is 40.2 Å². The van der Waals surface area contributed by atoms with Crippen LogP contribution in [0.3, 0.4) is 0 Å². The van der Waals surface area contributed by atoms with E-state index in [1.165, 1.54) is 12.1 Å². The number of rotatable bonds is 3. The quantitative estimate of drug-likeness (QED) is 0.896. The number of nitrogens with one attached hydrogen (secondary N) is 1. The summed E-state index contributed by atoms with van der Waals surface area (Å²) in [4.78, 5) is 12.6. The minimum atomic E-state index is -0.301. The van der Waals surface area contributed by atoms with Crippen LogP contribution in [-0.4, -0.2) is 12.3 Å². The van der Waals surface area contributed by atoms with E-state index in [0.717, 1.165) is 29.8 Å². The fraction of sp³-hybridized carbons (Fsp3) is 0.235. The van der Waals surface area contributed by atoms with Gasteiger partial charge in [0, 0.05) is 29.0 Å². The number of halogens is 2. The molecule has 2 aromatic rings. The maximum absolute atomic E-state index is 13.1.